The zero-order valence-corrected chi connectivity index (χ0v) is 13.8. The Bertz CT molecular complexity index is 583. The third kappa shape index (κ3) is 3.12. The van der Waals surface area contributed by atoms with Gasteiger partial charge in [-0.1, -0.05) is 29.8 Å². The molecular weight excluding hydrogens is 375 g/mol. The van der Waals surface area contributed by atoms with Crippen molar-refractivity contribution in [2.24, 2.45) is 0 Å². The van der Waals surface area contributed by atoms with Crippen LogP contribution in [-0.4, -0.2) is 14.9 Å². The number of aromatic nitrogens is 2. The van der Waals surface area contributed by atoms with Crippen molar-refractivity contribution in [1.82, 2.24) is 9.78 Å². The van der Waals surface area contributed by atoms with E-state index in [2.05, 4.69) is 27.7 Å². The Labute approximate surface area is 131 Å². The van der Waals surface area contributed by atoms with Crippen molar-refractivity contribution in [1.29, 1.82) is 0 Å². The Balaban J connectivity index is 2.29. The van der Waals surface area contributed by atoms with Gasteiger partial charge in [-0.25, -0.2) is 0 Å². The quantitative estimate of drug-likeness (QED) is 0.808. The molecule has 2 aromatic rings. The van der Waals surface area contributed by atoms with Gasteiger partial charge < -0.3 is 5.11 Å². The summed E-state index contributed by atoms with van der Waals surface area (Å²) in [5.41, 5.74) is 2.64. The highest BCUT2D eigenvalue weighted by atomic mass is 127. The van der Waals surface area contributed by atoms with E-state index in [1.54, 1.807) is 0 Å². The average molecular weight is 391 g/mol. The van der Waals surface area contributed by atoms with Crippen LogP contribution in [-0.2, 0) is 13.0 Å². The first-order valence-electron chi connectivity index (χ1n) is 6.18. The molecule has 5 heteroatoms. The predicted molar refractivity (Wildman–Crippen MR) is 85.5 cm³/mol. The SMILES string of the molecule is CCn1nc(C)c(Cl)c1CC(O)c1ccccc1I. The van der Waals surface area contributed by atoms with Crippen molar-refractivity contribution >= 4 is 34.2 Å². The minimum atomic E-state index is -0.563. The molecule has 0 aliphatic rings. The maximum absolute atomic E-state index is 10.4. The Morgan fingerprint density at radius 3 is 2.74 bits per heavy atom. The van der Waals surface area contributed by atoms with Gasteiger partial charge in [0.15, 0.2) is 0 Å². The monoisotopic (exact) mass is 390 g/mol. The van der Waals surface area contributed by atoms with E-state index in [9.17, 15) is 5.11 Å². The molecule has 0 aliphatic carbocycles. The van der Waals surface area contributed by atoms with E-state index in [0.29, 0.717) is 11.4 Å². The zero-order valence-electron chi connectivity index (χ0n) is 10.9. The minimum absolute atomic E-state index is 0.480. The van der Waals surface area contributed by atoms with Gasteiger partial charge in [-0.2, -0.15) is 5.10 Å². The molecule has 0 saturated carbocycles. The molecule has 0 fully saturated rings. The summed E-state index contributed by atoms with van der Waals surface area (Å²) in [5, 5.41) is 15.4. The molecule has 19 heavy (non-hydrogen) atoms. The third-order valence-electron chi connectivity index (χ3n) is 3.10. The fourth-order valence-electron chi connectivity index (χ4n) is 2.10. The first-order chi connectivity index (χ1) is 9.04. The molecule has 0 amide bonds. The van der Waals surface area contributed by atoms with Gasteiger partial charge in [0.2, 0.25) is 0 Å². The van der Waals surface area contributed by atoms with Gasteiger partial charge in [0.05, 0.1) is 22.5 Å². The number of halogens is 2. The number of nitrogens with zero attached hydrogens (tertiary/aromatic N) is 2. The van der Waals surface area contributed by atoms with Crippen LogP contribution >= 0.6 is 34.2 Å². The van der Waals surface area contributed by atoms with E-state index < -0.39 is 6.10 Å². The molecular formula is C14H16ClIN2O. The summed E-state index contributed by atoms with van der Waals surface area (Å²) < 4.78 is 2.92. The third-order valence-corrected chi connectivity index (χ3v) is 4.58. The standard InChI is InChI=1S/C14H16ClIN2O/c1-3-18-12(14(15)9(2)17-18)8-13(19)10-6-4-5-7-11(10)16/h4-7,13,19H,3,8H2,1-2H3. The van der Waals surface area contributed by atoms with Crippen molar-refractivity contribution < 1.29 is 5.11 Å². The van der Waals surface area contributed by atoms with E-state index >= 15 is 0 Å². The minimum Gasteiger partial charge on any atom is -0.388 e. The number of rotatable bonds is 4. The summed E-state index contributed by atoms with van der Waals surface area (Å²) >= 11 is 8.50. The average Bonchev–Trinajstić information content (AvgIpc) is 2.67. The van der Waals surface area contributed by atoms with E-state index in [4.69, 9.17) is 11.6 Å². The van der Waals surface area contributed by atoms with Crippen LogP contribution in [0.4, 0.5) is 0 Å². The van der Waals surface area contributed by atoms with Gasteiger partial charge in [0.25, 0.3) is 0 Å². The van der Waals surface area contributed by atoms with Crippen molar-refractivity contribution in [3.05, 3.63) is 49.8 Å². The van der Waals surface area contributed by atoms with Gasteiger partial charge in [0, 0.05) is 16.5 Å². The normalized spacial score (nSPS) is 12.7. The van der Waals surface area contributed by atoms with Crippen molar-refractivity contribution in [3.63, 3.8) is 0 Å². The number of hydrogen-bond donors (Lipinski definition) is 1. The van der Waals surface area contributed by atoms with E-state index in [-0.39, 0.29) is 0 Å². The second-order valence-corrected chi connectivity index (χ2v) is 5.94. The molecule has 102 valence electrons. The first-order valence-corrected chi connectivity index (χ1v) is 7.64. The van der Waals surface area contributed by atoms with Crippen molar-refractivity contribution in [2.45, 2.75) is 32.9 Å². The summed E-state index contributed by atoms with van der Waals surface area (Å²) in [5.74, 6) is 0. The predicted octanol–water partition coefficient (Wildman–Crippen LogP) is 3.75. The fourth-order valence-corrected chi connectivity index (χ4v) is 3.06. The second-order valence-electron chi connectivity index (χ2n) is 4.40. The van der Waals surface area contributed by atoms with Crippen LogP contribution in [0.3, 0.4) is 0 Å². The van der Waals surface area contributed by atoms with Crippen LogP contribution in [0.25, 0.3) is 0 Å². The molecule has 2 rings (SSSR count). The number of benzene rings is 1. The molecule has 0 saturated heterocycles. The number of hydrogen-bond acceptors (Lipinski definition) is 2. The fraction of sp³-hybridized carbons (Fsp3) is 0.357. The Kier molecular flexibility index (Phi) is 4.86. The molecule has 1 aromatic carbocycles. The topological polar surface area (TPSA) is 38.0 Å². The number of aryl methyl sites for hydroxylation is 2. The molecule has 0 bridgehead atoms. The highest BCUT2D eigenvalue weighted by molar-refractivity contribution is 14.1. The van der Waals surface area contributed by atoms with Gasteiger partial charge in [-0.15, -0.1) is 0 Å². The van der Waals surface area contributed by atoms with Crippen molar-refractivity contribution in [3.8, 4) is 0 Å². The highest BCUT2D eigenvalue weighted by Crippen LogP contribution is 2.28. The van der Waals surface area contributed by atoms with Crippen LogP contribution in [0, 0.1) is 10.5 Å². The Morgan fingerprint density at radius 2 is 2.11 bits per heavy atom. The van der Waals surface area contributed by atoms with Gasteiger partial charge in [0.1, 0.15) is 0 Å². The smallest absolute Gasteiger partial charge is 0.0856 e. The molecule has 0 aliphatic heterocycles. The highest BCUT2D eigenvalue weighted by Gasteiger charge is 2.18. The maximum atomic E-state index is 10.4. The molecule has 1 heterocycles. The van der Waals surface area contributed by atoms with Crippen LogP contribution in [0.5, 0.6) is 0 Å². The van der Waals surface area contributed by atoms with Gasteiger partial charge in [-0.3, -0.25) is 4.68 Å². The molecule has 3 nitrogen and oxygen atoms in total. The molecule has 1 unspecified atom stereocenters. The van der Waals surface area contributed by atoms with E-state index in [1.807, 2.05) is 42.8 Å². The Hall–Kier alpha value is -0.590. The second kappa shape index (κ2) is 6.24. The first kappa shape index (κ1) is 14.8. The zero-order chi connectivity index (χ0) is 14.0. The molecule has 0 spiro atoms. The van der Waals surface area contributed by atoms with Crippen LogP contribution in [0.1, 0.15) is 30.0 Å². The Morgan fingerprint density at radius 1 is 1.42 bits per heavy atom. The molecule has 1 aromatic heterocycles. The lowest BCUT2D eigenvalue weighted by Gasteiger charge is -2.14. The number of aliphatic hydroxyl groups is 1. The lowest BCUT2D eigenvalue weighted by Crippen LogP contribution is -2.09. The van der Waals surface area contributed by atoms with Gasteiger partial charge in [-0.05, 0) is 48.1 Å². The molecule has 1 N–H and O–H groups in total. The van der Waals surface area contributed by atoms with Crippen molar-refractivity contribution in [2.75, 3.05) is 0 Å². The van der Waals surface area contributed by atoms with Crippen LogP contribution in [0.2, 0.25) is 5.02 Å². The van der Waals surface area contributed by atoms with E-state index in [0.717, 1.165) is 27.1 Å². The molecule has 1 atom stereocenters. The van der Waals surface area contributed by atoms with Crippen LogP contribution in [0.15, 0.2) is 24.3 Å². The summed E-state index contributed by atoms with van der Waals surface area (Å²) in [6, 6.07) is 7.83. The van der Waals surface area contributed by atoms with E-state index in [1.165, 1.54) is 0 Å². The van der Waals surface area contributed by atoms with Crippen LogP contribution < -0.4 is 0 Å². The summed E-state index contributed by atoms with van der Waals surface area (Å²) in [6.07, 6.45) is -0.0833. The maximum Gasteiger partial charge on any atom is 0.0856 e. The van der Waals surface area contributed by atoms with Gasteiger partial charge >= 0.3 is 0 Å². The lowest BCUT2D eigenvalue weighted by atomic mass is 10.0. The summed E-state index contributed by atoms with van der Waals surface area (Å²) in [6.45, 7) is 4.66. The molecule has 0 radical (unpaired) electrons. The largest absolute Gasteiger partial charge is 0.388 e. The number of aliphatic hydroxyl groups excluding tert-OH is 1. The summed E-state index contributed by atoms with van der Waals surface area (Å²) in [4.78, 5) is 0. The summed E-state index contributed by atoms with van der Waals surface area (Å²) in [7, 11) is 0. The lowest BCUT2D eigenvalue weighted by molar-refractivity contribution is 0.174.